The van der Waals surface area contributed by atoms with Crippen molar-refractivity contribution in [2.24, 2.45) is 11.1 Å². The van der Waals surface area contributed by atoms with E-state index < -0.39 is 0 Å². The number of nitrogens with zero attached hydrogens (tertiary/aromatic N) is 4. The number of rotatable bonds is 9. The molecule has 6 nitrogen and oxygen atoms in total. The Kier molecular flexibility index (Phi) is 7.87. The lowest BCUT2D eigenvalue weighted by molar-refractivity contribution is 0.176. The van der Waals surface area contributed by atoms with E-state index in [0.717, 1.165) is 61.7 Å². The number of oxime groups is 1. The highest BCUT2D eigenvalue weighted by atomic mass is 35.5. The van der Waals surface area contributed by atoms with Gasteiger partial charge in [0.2, 0.25) is 0 Å². The summed E-state index contributed by atoms with van der Waals surface area (Å²) in [7, 11) is 0. The van der Waals surface area contributed by atoms with E-state index in [-0.39, 0.29) is 0 Å². The van der Waals surface area contributed by atoms with Gasteiger partial charge in [0.05, 0.1) is 12.8 Å². The van der Waals surface area contributed by atoms with Crippen molar-refractivity contribution in [3.63, 3.8) is 0 Å². The molecule has 7 heteroatoms. The minimum Gasteiger partial charge on any atom is -0.493 e. The van der Waals surface area contributed by atoms with Gasteiger partial charge in [-0.3, -0.25) is 0 Å². The molecule has 154 valence electrons. The molecule has 0 radical (unpaired) electrons. The normalized spacial score (nSPS) is 14.9. The van der Waals surface area contributed by atoms with Crippen LogP contribution in [0.3, 0.4) is 0 Å². The Morgan fingerprint density at radius 1 is 1.24 bits per heavy atom. The number of piperidine rings is 1. The molecule has 1 aromatic heterocycles. The molecule has 1 aliphatic rings. The van der Waals surface area contributed by atoms with Gasteiger partial charge < -0.3 is 14.5 Å². The summed E-state index contributed by atoms with van der Waals surface area (Å²) in [6, 6.07) is 9.74. The first kappa shape index (κ1) is 21.1. The second-order valence-electron chi connectivity index (χ2n) is 7.13. The van der Waals surface area contributed by atoms with Gasteiger partial charge >= 0.3 is 0 Å². The van der Waals surface area contributed by atoms with Crippen LogP contribution in [0.15, 0.2) is 48.1 Å². The van der Waals surface area contributed by atoms with Crippen LogP contribution in [0.25, 0.3) is 0 Å². The minimum absolute atomic E-state index is 0.405. The molecular formula is C22H27ClN4O2. The predicted molar refractivity (Wildman–Crippen MR) is 117 cm³/mol. The Morgan fingerprint density at radius 2 is 2.07 bits per heavy atom. The van der Waals surface area contributed by atoms with Crippen LogP contribution in [-0.4, -0.2) is 42.7 Å². The number of hydrogen-bond acceptors (Lipinski definition) is 6. The summed E-state index contributed by atoms with van der Waals surface area (Å²) in [6.07, 6.45) is 6.67. The number of hydrogen-bond donors (Lipinski definition) is 0. The Balaban J connectivity index is 1.40. The van der Waals surface area contributed by atoms with Gasteiger partial charge in [-0.2, -0.15) is 0 Å². The van der Waals surface area contributed by atoms with Crippen LogP contribution in [0.1, 0.15) is 30.4 Å². The standard InChI is InChI=1S/C22H27ClN4O2/c1-3-13-29-24-16-19-4-5-20(17(2)15-19)28-14-10-18-8-11-27(12-9-18)22-7-6-21(23)25-26-22/h3-7,15-16,18H,1,8-14H2,2H3/b24-16+. The molecule has 0 spiro atoms. The fraction of sp³-hybridized carbons (Fsp3) is 0.409. The number of halogens is 1. The third-order valence-corrected chi connectivity index (χ3v) is 5.21. The fourth-order valence-electron chi connectivity index (χ4n) is 3.37. The first-order chi connectivity index (χ1) is 14.2. The van der Waals surface area contributed by atoms with Crippen LogP contribution in [-0.2, 0) is 4.84 Å². The Morgan fingerprint density at radius 3 is 2.76 bits per heavy atom. The zero-order chi connectivity index (χ0) is 20.5. The van der Waals surface area contributed by atoms with E-state index in [2.05, 4.69) is 26.8 Å². The molecule has 0 N–H and O–H groups in total. The second kappa shape index (κ2) is 10.8. The van der Waals surface area contributed by atoms with E-state index in [1.165, 1.54) is 0 Å². The van der Waals surface area contributed by atoms with Gasteiger partial charge in [0.15, 0.2) is 11.0 Å². The SMILES string of the molecule is C=CCO/N=C/c1ccc(OCCC2CCN(c3ccc(Cl)nn3)CC2)c(C)c1. The first-order valence-electron chi connectivity index (χ1n) is 9.89. The molecule has 0 bridgehead atoms. The molecule has 1 saturated heterocycles. The van der Waals surface area contributed by atoms with E-state index in [1.54, 1.807) is 18.4 Å². The Hall–Kier alpha value is -2.60. The van der Waals surface area contributed by atoms with E-state index in [4.69, 9.17) is 21.2 Å². The average molecular weight is 415 g/mol. The summed E-state index contributed by atoms with van der Waals surface area (Å²) in [4.78, 5) is 7.30. The Bertz CT molecular complexity index is 818. The van der Waals surface area contributed by atoms with Crippen molar-refractivity contribution in [2.75, 3.05) is 31.2 Å². The van der Waals surface area contributed by atoms with E-state index >= 15 is 0 Å². The maximum absolute atomic E-state index is 6.02. The summed E-state index contributed by atoms with van der Waals surface area (Å²) in [5, 5.41) is 12.4. The lowest BCUT2D eigenvalue weighted by atomic mass is 9.94. The van der Waals surface area contributed by atoms with Crippen LogP contribution in [0.4, 0.5) is 5.82 Å². The number of aryl methyl sites for hydroxylation is 1. The molecule has 1 aliphatic heterocycles. The highest BCUT2D eigenvalue weighted by Gasteiger charge is 2.20. The predicted octanol–water partition coefficient (Wildman–Crippen LogP) is 4.66. The van der Waals surface area contributed by atoms with Crippen molar-refractivity contribution in [3.8, 4) is 5.75 Å². The molecule has 0 aliphatic carbocycles. The molecule has 0 unspecified atom stereocenters. The van der Waals surface area contributed by atoms with Gasteiger partial charge in [0.25, 0.3) is 0 Å². The van der Waals surface area contributed by atoms with Gasteiger partial charge in [-0.05, 0) is 73.6 Å². The average Bonchev–Trinajstić information content (AvgIpc) is 2.74. The summed E-state index contributed by atoms with van der Waals surface area (Å²) < 4.78 is 6.02. The molecule has 3 rings (SSSR count). The van der Waals surface area contributed by atoms with E-state index in [0.29, 0.717) is 17.7 Å². The van der Waals surface area contributed by atoms with Crippen LogP contribution in [0, 0.1) is 12.8 Å². The van der Waals surface area contributed by atoms with E-state index in [1.807, 2.05) is 31.2 Å². The molecule has 2 heterocycles. The van der Waals surface area contributed by atoms with Crippen molar-refractivity contribution in [2.45, 2.75) is 26.2 Å². The molecule has 0 atom stereocenters. The van der Waals surface area contributed by atoms with Crippen LogP contribution in [0.5, 0.6) is 5.75 Å². The van der Waals surface area contributed by atoms with Gasteiger partial charge in [0.1, 0.15) is 12.4 Å². The molecule has 0 amide bonds. The molecule has 2 aromatic rings. The van der Waals surface area contributed by atoms with Gasteiger partial charge in [0, 0.05) is 13.1 Å². The monoisotopic (exact) mass is 414 g/mol. The third-order valence-electron chi connectivity index (χ3n) is 5.01. The number of ether oxygens (including phenoxy) is 1. The van der Waals surface area contributed by atoms with Crippen LogP contribution in [0.2, 0.25) is 5.15 Å². The summed E-state index contributed by atoms with van der Waals surface area (Å²) in [6.45, 7) is 8.74. The highest BCUT2D eigenvalue weighted by molar-refractivity contribution is 6.29. The van der Waals surface area contributed by atoms with Crippen molar-refractivity contribution in [1.82, 2.24) is 10.2 Å². The molecule has 29 heavy (non-hydrogen) atoms. The van der Waals surface area contributed by atoms with Crippen molar-refractivity contribution in [1.29, 1.82) is 0 Å². The summed E-state index contributed by atoms with van der Waals surface area (Å²) in [5.41, 5.74) is 2.07. The summed E-state index contributed by atoms with van der Waals surface area (Å²) >= 11 is 5.81. The van der Waals surface area contributed by atoms with Crippen molar-refractivity contribution < 1.29 is 9.57 Å². The smallest absolute Gasteiger partial charge is 0.151 e. The number of anilines is 1. The number of aromatic nitrogens is 2. The zero-order valence-corrected chi connectivity index (χ0v) is 17.5. The van der Waals surface area contributed by atoms with Crippen molar-refractivity contribution in [3.05, 3.63) is 59.3 Å². The fourth-order valence-corrected chi connectivity index (χ4v) is 3.47. The van der Waals surface area contributed by atoms with Gasteiger partial charge in [-0.25, -0.2) is 0 Å². The topological polar surface area (TPSA) is 59.8 Å². The van der Waals surface area contributed by atoms with Crippen LogP contribution >= 0.6 is 11.6 Å². The lowest BCUT2D eigenvalue weighted by Crippen LogP contribution is -2.34. The lowest BCUT2D eigenvalue weighted by Gasteiger charge is -2.32. The first-order valence-corrected chi connectivity index (χ1v) is 10.3. The van der Waals surface area contributed by atoms with Gasteiger partial charge in [-0.1, -0.05) is 29.4 Å². The largest absolute Gasteiger partial charge is 0.493 e. The molecule has 0 saturated carbocycles. The quantitative estimate of drug-likeness (QED) is 0.258. The summed E-state index contributed by atoms with van der Waals surface area (Å²) in [5.74, 6) is 2.49. The third kappa shape index (κ3) is 6.46. The maximum atomic E-state index is 6.02. The van der Waals surface area contributed by atoms with Gasteiger partial charge in [-0.15, -0.1) is 10.2 Å². The molecule has 1 fully saturated rings. The minimum atomic E-state index is 0.405. The Labute approximate surface area is 177 Å². The molecular weight excluding hydrogens is 388 g/mol. The van der Waals surface area contributed by atoms with Crippen LogP contribution < -0.4 is 9.64 Å². The van der Waals surface area contributed by atoms with Crippen molar-refractivity contribution >= 4 is 23.6 Å². The number of benzene rings is 1. The highest BCUT2D eigenvalue weighted by Crippen LogP contribution is 2.25. The second-order valence-corrected chi connectivity index (χ2v) is 7.51. The molecule has 1 aromatic carbocycles. The maximum Gasteiger partial charge on any atom is 0.151 e. The van der Waals surface area contributed by atoms with E-state index in [9.17, 15) is 0 Å². The zero-order valence-electron chi connectivity index (χ0n) is 16.8.